The van der Waals surface area contributed by atoms with Crippen molar-refractivity contribution in [3.63, 3.8) is 0 Å². The normalized spacial score (nSPS) is 12.2. The van der Waals surface area contributed by atoms with Crippen LogP contribution in [0.1, 0.15) is 5.56 Å². The fraction of sp³-hybridized carbons (Fsp3) is 0.0769. The number of ether oxygens (including phenoxy) is 1. The Morgan fingerprint density at radius 3 is 2.09 bits per heavy atom. The molecule has 9 heteroatoms. The van der Waals surface area contributed by atoms with Crippen molar-refractivity contribution in [1.29, 1.82) is 0 Å². The lowest BCUT2D eigenvalue weighted by molar-refractivity contribution is -0.138. The van der Waals surface area contributed by atoms with Crippen LogP contribution in [0.25, 0.3) is 0 Å². The van der Waals surface area contributed by atoms with E-state index in [1.54, 1.807) is 0 Å². The minimum Gasteiger partial charge on any atom is -0.457 e. The van der Waals surface area contributed by atoms with Gasteiger partial charge in [0, 0.05) is 5.69 Å². The van der Waals surface area contributed by atoms with Crippen LogP contribution in [0.2, 0.25) is 0 Å². The van der Waals surface area contributed by atoms with Crippen LogP contribution in [0.4, 0.5) is 18.9 Å². The van der Waals surface area contributed by atoms with Crippen molar-refractivity contribution in [2.75, 3.05) is 5.73 Å². The Bertz CT molecular complexity index is 787. The van der Waals surface area contributed by atoms with Crippen molar-refractivity contribution in [3.05, 3.63) is 48.0 Å². The maximum atomic E-state index is 12.9. The molecule has 0 aliphatic heterocycles. The zero-order valence-electron chi connectivity index (χ0n) is 11.0. The Kier molecular flexibility index (Phi) is 4.03. The van der Waals surface area contributed by atoms with E-state index in [1.165, 1.54) is 18.2 Å². The molecule has 0 unspecified atom stereocenters. The third kappa shape index (κ3) is 3.68. The van der Waals surface area contributed by atoms with Gasteiger partial charge in [0.25, 0.3) is 0 Å². The average Bonchev–Trinajstić information content (AvgIpc) is 2.39. The van der Waals surface area contributed by atoms with Gasteiger partial charge in [0.2, 0.25) is 10.0 Å². The molecule has 22 heavy (non-hydrogen) atoms. The van der Waals surface area contributed by atoms with Crippen LogP contribution in [0.5, 0.6) is 11.5 Å². The first kappa shape index (κ1) is 16.1. The summed E-state index contributed by atoms with van der Waals surface area (Å²) in [5.41, 5.74) is 4.27. The summed E-state index contributed by atoms with van der Waals surface area (Å²) in [5, 5.41) is 4.93. The van der Waals surface area contributed by atoms with Crippen LogP contribution in [0.3, 0.4) is 0 Å². The number of benzene rings is 2. The van der Waals surface area contributed by atoms with Gasteiger partial charge in [0.15, 0.2) is 0 Å². The fourth-order valence-electron chi connectivity index (χ4n) is 1.68. The Morgan fingerprint density at radius 1 is 1.00 bits per heavy atom. The highest BCUT2D eigenvalue weighted by Crippen LogP contribution is 2.39. The van der Waals surface area contributed by atoms with E-state index in [0.717, 1.165) is 24.3 Å². The molecule has 118 valence electrons. The minimum absolute atomic E-state index is 0.0303. The van der Waals surface area contributed by atoms with E-state index in [9.17, 15) is 21.6 Å². The van der Waals surface area contributed by atoms with E-state index in [-0.39, 0.29) is 16.3 Å². The van der Waals surface area contributed by atoms with Crippen LogP contribution < -0.4 is 15.6 Å². The van der Waals surface area contributed by atoms with Gasteiger partial charge in [-0.2, -0.15) is 13.2 Å². The highest BCUT2D eigenvalue weighted by atomic mass is 32.2. The molecule has 0 spiro atoms. The molecule has 0 radical (unpaired) electrons. The summed E-state index contributed by atoms with van der Waals surface area (Å²) in [6.07, 6.45) is -4.63. The molecule has 0 saturated carbocycles. The van der Waals surface area contributed by atoms with Gasteiger partial charge in [-0.1, -0.05) is 0 Å². The van der Waals surface area contributed by atoms with E-state index in [1.807, 2.05) is 0 Å². The fourth-order valence-corrected chi connectivity index (χ4v) is 2.20. The predicted molar refractivity (Wildman–Crippen MR) is 73.7 cm³/mol. The first-order valence-corrected chi connectivity index (χ1v) is 7.39. The minimum atomic E-state index is -4.63. The van der Waals surface area contributed by atoms with Crippen molar-refractivity contribution in [2.24, 2.45) is 5.14 Å². The summed E-state index contributed by atoms with van der Waals surface area (Å²) >= 11 is 0. The number of hydrogen-bond acceptors (Lipinski definition) is 4. The quantitative estimate of drug-likeness (QED) is 0.845. The molecular weight excluding hydrogens is 321 g/mol. The van der Waals surface area contributed by atoms with E-state index in [4.69, 9.17) is 15.6 Å². The molecule has 0 heterocycles. The second-order valence-electron chi connectivity index (χ2n) is 4.37. The number of sulfonamides is 1. The van der Waals surface area contributed by atoms with Gasteiger partial charge in [-0.25, -0.2) is 13.6 Å². The van der Waals surface area contributed by atoms with Gasteiger partial charge in [-0.05, 0) is 42.5 Å². The molecule has 0 amide bonds. The number of rotatable bonds is 3. The van der Waals surface area contributed by atoms with Crippen molar-refractivity contribution >= 4 is 15.7 Å². The van der Waals surface area contributed by atoms with E-state index in [0.29, 0.717) is 0 Å². The standard InChI is InChI=1S/C13H11F3N2O3S/c14-13(15,16)11-7-8(17)1-6-12(11)21-9-2-4-10(5-3-9)22(18,19)20/h1-7H,17H2,(H2,18,19,20). The topological polar surface area (TPSA) is 95.4 Å². The van der Waals surface area contributed by atoms with Gasteiger partial charge >= 0.3 is 6.18 Å². The molecule has 2 rings (SSSR count). The highest BCUT2D eigenvalue weighted by Gasteiger charge is 2.34. The van der Waals surface area contributed by atoms with E-state index >= 15 is 0 Å². The van der Waals surface area contributed by atoms with Crippen LogP contribution in [0, 0.1) is 0 Å². The second-order valence-corrected chi connectivity index (χ2v) is 5.93. The summed E-state index contributed by atoms with van der Waals surface area (Å²) < 4.78 is 66.1. The number of primary sulfonamides is 1. The summed E-state index contributed by atoms with van der Waals surface area (Å²) in [4.78, 5) is -0.173. The monoisotopic (exact) mass is 332 g/mol. The highest BCUT2D eigenvalue weighted by molar-refractivity contribution is 7.89. The van der Waals surface area contributed by atoms with Gasteiger partial charge in [-0.15, -0.1) is 0 Å². The molecule has 4 N–H and O–H groups in total. The molecule has 0 aromatic heterocycles. The smallest absolute Gasteiger partial charge is 0.420 e. The zero-order valence-corrected chi connectivity index (χ0v) is 11.8. The first-order chi connectivity index (χ1) is 10.1. The molecule has 5 nitrogen and oxygen atoms in total. The van der Waals surface area contributed by atoms with Crippen LogP contribution in [0.15, 0.2) is 47.4 Å². The lowest BCUT2D eigenvalue weighted by atomic mass is 10.1. The molecule has 2 aromatic rings. The van der Waals surface area contributed by atoms with Crippen LogP contribution in [-0.4, -0.2) is 8.42 Å². The Morgan fingerprint density at radius 2 is 1.59 bits per heavy atom. The van der Waals surface area contributed by atoms with Crippen molar-refractivity contribution < 1.29 is 26.3 Å². The Labute approximate surface area is 124 Å². The van der Waals surface area contributed by atoms with Crippen LogP contribution in [-0.2, 0) is 16.2 Å². The number of hydrogen-bond donors (Lipinski definition) is 2. The molecule has 0 fully saturated rings. The summed E-state index contributed by atoms with van der Waals surface area (Å²) in [6, 6.07) is 7.79. The third-order valence-electron chi connectivity index (χ3n) is 2.69. The second kappa shape index (κ2) is 5.50. The van der Waals surface area contributed by atoms with Crippen molar-refractivity contribution in [3.8, 4) is 11.5 Å². The SMILES string of the molecule is Nc1ccc(Oc2ccc(S(N)(=O)=O)cc2)c(C(F)(F)F)c1. The number of alkyl halides is 3. The largest absolute Gasteiger partial charge is 0.457 e. The third-order valence-corrected chi connectivity index (χ3v) is 3.62. The van der Waals surface area contributed by atoms with Gasteiger partial charge < -0.3 is 10.5 Å². The molecule has 0 atom stereocenters. The number of nitrogens with two attached hydrogens (primary N) is 2. The van der Waals surface area contributed by atoms with Gasteiger partial charge in [-0.3, -0.25) is 0 Å². The number of halogens is 3. The predicted octanol–water partition coefficient (Wildman–Crippen LogP) is 2.73. The van der Waals surface area contributed by atoms with Crippen molar-refractivity contribution in [1.82, 2.24) is 0 Å². The first-order valence-electron chi connectivity index (χ1n) is 5.85. The Hall–Kier alpha value is -2.26. The lowest BCUT2D eigenvalue weighted by Gasteiger charge is -2.14. The molecule has 0 bridgehead atoms. The zero-order chi connectivity index (χ0) is 16.5. The van der Waals surface area contributed by atoms with Gasteiger partial charge in [0.05, 0.1) is 4.90 Å². The molecule has 2 aromatic carbocycles. The van der Waals surface area contributed by atoms with Crippen LogP contribution >= 0.6 is 0 Å². The van der Waals surface area contributed by atoms with Crippen molar-refractivity contribution in [2.45, 2.75) is 11.1 Å². The summed E-state index contributed by atoms with van der Waals surface area (Å²) in [7, 11) is -3.88. The Balaban J connectivity index is 2.36. The number of nitrogen functional groups attached to an aromatic ring is 1. The summed E-state index contributed by atoms with van der Waals surface area (Å²) in [5.74, 6) is -0.410. The lowest BCUT2D eigenvalue weighted by Crippen LogP contribution is -2.11. The maximum absolute atomic E-state index is 12.9. The average molecular weight is 332 g/mol. The molecule has 0 aliphatic rings. The molecule has 0 aliphatic carbocycles. The molecular formula is C13H11F3N2O3S. The number of anilines is 1. The maximum Gasteiger partial charge on any atom is 0.420 e. The van der Waals surface area contributed by atoms with E-state index in [2.05, 4.69) is 0 Å². The van der Waals surface area contributed by atoms with E-state index < -0.39 is 27.5 Å². The molecule has 0 saturated heterocycles. The summed E-state index contributed by atoms with van der Waals surface area (Å²) in [6.45, 7) is 0. The van der Waals surface area contributed by atoms with Gasteiger partial charge in [0.1, 0.15) is 17.1 Å².